The highest BCUT2D eigenvalue weighted by atomic mass is 35.5. The Morgan fingerprint density at radius 2 is 1.88 bits per heavy atom. The molecule has 1 aromatic rings. The first-order valence-electron chi connectivity index (χ1n) is 12.3. The van der Waals surface area contributed by atoms with Crippen LogP contribution < -0.4 is 15.4 Å². The number of ether oxygens (including phenoxy) is 1. The van der Waals surface area contributed by atoms with Crippen LogP contribution in [0.15, 0.2) is 0 Å². The SMILES string of the molecule is CCCCOc1nc(N)c2c(n1)N(CCCCCC1CCN(CC(C)C)CC1)C(=O)C2.Cl. The van der Waals surface area contributed by atoms with Gasteiger partial charge in [-0.25, -0.2) is 0 Å². The van der Waals surface area contributed by atoms with Gasteiger partial charge in [0, 0.05) is 18.7 Å². The summed E-state index contributed by atoms with van der Waals surface area (Å²) in [5, 5.41) is 0. The van der Waals surface area contributed by atoms with Gasteiger partial charge in [-0.1, -0.05) is 46.5 Å². The zero-order valence-corrected chi connectivity index (χ0v) is 21.0. The number of carbonyl (C=O) groups excluding carboxylic acids is 1. The van der Waals surface area contributed by atoms with Gasteiger partial charge in [0.25, 0.3) is 0 Å². The number of halogens is 1. The Hall–Kier alpha value is -1.60. The van der Waals surface area contributed by atoms with Crippen molar-refractivity contribution in [2.45, 2.75) is 78.6 Å². The van der Waals surface area contributed by atoms with Crippen molar-refractivity contribution in [3.8, 4) is 6.01 Å². The molecule has 2 N–H and O–H groups in total. The quantitative estimate of drug-likeness (QED) is 0.456. The van der Waals surface area contributed by atoms with Crippen LogP contribution in [-0.2, 0) is 11.2 Å². The smallest absolute Gasteiger partial charge is 0.320 e. The predicted molar refractivity (Wildman–Crippen MR) is 133 cm³/mol. The van der Waals surface area contributed by atoms with Crippen LogP contribution in [0.2, 0.25) is 0 Å². The number of rotatable bonds is 12. The van der Waals surface area contributed by atoms with E-state index in [1.807, 2.05) is 0 Å². The second-order valence-electron chi connectivity index (χ2n) is 9.60. The summed E-state index contributed by atoms with van der Waals surface area (Å²) in [5.74, 6) is 2.72. The molecule has 1 fully saturated rings. The molecule has 1 amide bonds. The van der Waals surface area contributed by atoms with Crippen LogP contribution in [0.5, 0.6) is 6.01 Å². The molecule has 0 atom stereocenters. The van der Waals surface area contributed by atoms with Crippen LogP contribution in [0.4, 0.5) is 11.6 Å². The molecule has 1 aromatic heterocycles. The number of likely N-dealkylation sites (tertiary alicyclic amines) is 1. The number of fused-ring (bicyclic) bond motifs is 1. The number of carbonyl (C=O) groups is 1. The minimum atomic E-state index is 0. The summed E-state index contributed by atoms with van der Waals surface area (Å²) in [6.07, 6.45) is 9.64. The predicted octanol–water partition coefficient (Wildman–Crippen LogP) is 4.48. The minimum absolute atomic E-state index is 0. The molecule has 0 aliphatic carbocycles. The lowest BCUT2D eigenvalue weighted by molar-refractivity contribution is -0.117. The van der Waals surface area contributed by atoms with Gasteiger partial charge in [-0.2, -0.15) is 9.97 Å². The van der Waals surface area contributed by atoms with E-state index in [1.54, 1.807) is 4.90 Å². The molecular weight excluding hydrogens is 426 g/mol. The van der Waals surface area contributed by atoms with Gasteiger partial charge in [0.1, 0.15) is 11.6 Å². The fourth-order valence-electron chi connectivity index (χ4n) is 4.68. The Balaban J connectivity index is 0.00000363. The molecule has 0 radical (unpaired) electrons. The number of hydrogen-bond donors (Lipinski definition) is 1. The van der Waals surface area contributed by atoms with Crippen molar-refractivity contribution < 1.29 is 9.53 Å². The van der Waals surface area contributed by atoms with E-state index in [1.165, 1.54) is 45.3 Å². The lowest BCUT2D eigenvalue weighted by atomic mass is 9.91. The maximum atomic E-state index is 12.5. The Morgan fingerprint density at radius 1 is 1.12 bits per heavy atom. The molecule has 1 saturated heterocycles. The molecule has 0 bridgehead atoms. The van der Waals surface area contributed by atoms with Crippen molar-refractivity contribution in [3.05, 3.63) is 5.56 Å². The number of piperidine rings is 1. The van der Waals surface area contributed by atoms with Gasteiger partial charge in [0.15, 0.2) is 0 Å². The van der Waals surface area contributed by atoms with Crippen LogP contribution >= 0.6 is 12.4 Å². The van der Waals surface area contributed by atoms with E-state index < -0.39 is 0 Å². The van der Waals surface area contributed by atoms with E-state index in [0.717, 1.165) is 43.1 Å². The fraction of sp³-hybridized carbons (Fsp3) is 0.792. The molecule has 7 nitrogen and oxygen atoms in total. The van der Waals surface area contributed by atoms with Crippen LogP contribution in [0.1, 0.15) is 77.7 Å². The summed E-state index contributed by atoms with van der Waals surface area (Å²) in [6.45, 7) is 11.7. The van der Waals surface area contributed by atoms with E-state index in [9.17, 15) is 4.79 Å². The lowest BCUT2D eigenvalue weighted by Crippen LogP contribution is -2.36. The average Bonchev–Trinajstić information content (AvgIpc) is 3.05. The van der Waals surface area contributed by atoms with Gasteiger partial charge in [-0.3, -0.25) is 9.69 Å². The molecule has 2 aliphatic rings. The number of amides is 1. The van der Waals surface area contributed by atoms with Crippen molar-refractivity contribution >= 4 is 29.9 Å². The number of nitrogens with zero attached hydrogens (tertiary/aromatic N) is 4. The van der Waals surface area contributed by atoms with Gasteiger partial charge >= 0.3 is 6.01 Å². The molecule has 2 aliphatic heterocycles. The number of aromatic nitrogens is 2. The molecule has 32 heavy (non-hydrogen) atoms. The number of nitrogens with two attached hydrogens (primary N) is 1. The second kappa shape index (κ2) is 13.2. The van der Waals surface area contributed by atoms with E-state index >= 15 is 0 Å². The monoisotopic (exact) mass is 467 g/mol. The van der Waals surface area contributed by atoms with Crippen LogP contribution in [-0.4, -0.2) is 53.6 Å². The largest absolute Gasteiger partial charge is 0.463 e. The van der Waals surface area contributed by atoms with Gasteiger partial charge in [-0.05, 0) is 50.6 Å². The molecule has 0 aromatic carbocycles. The topological polar surface area (TPSA) is 84.6 Å². The fourth-order valence-corrected chi connectivity index (χ4v) is 4.68. The molecule has 0 saturated carbocycles. The van der Waals surface area contributed by atoms with Crippen LogP contribution in [0, 0.1) is 11.8 Å². The first kappa shape index (κ1) is 26.7. The van der Waals surface area contributed by atoms with Crippen molar-refractivity contribution in [2.75, 3.05) is 43.4 Å². The molecule has 8 heteroatoms. The molecule has 0 spiro atoms. The highest BCUT2D eigenvalue weighted by Gasteiger charge is 2.31. The molecule has 0 unspecified atom stereocenters. The zero-order chi connectivity index (χ0) is 22.2. The maximum absolute atomic E-state index is 12.5. The lowest BCUT2D eigenvalue weighted by Gasteiger charge is -2.33. The summed E-state index contributed by atoms with van der Waals surface area (Å²) in [6, 6.07) is 0.285. The standard InChI is InChI=1S/C24H41N5O2.ClH/c1-4-5-15-31-24-26-22(25)20-16-21(30)29(23(20)27-24)12-8-6-7-9-19-10-13-28(14-11-19)17-18(2)3;/h18-19H,4-17H2,1-3H3,(H2,25,26,27);1H. The normalized spacial score (nSPS) is 17.0. The third kappa shape index (κ3) is 7.48. The zero-order valence-electron chi connectivity index (χ0n) is 20.1. The minimum Gasteiger partial charge on any atom is -0.463 e. The average molecular weight is 468 g/mol. The molecule has 182 valence electrons. The highest BCUT2D eigenvalue weighted by molar-refractivity contribution is 6.01. The number of nitrogen functional groups attached to an aromatic ring is 1. The summed E-state index contributed by atoms with van der Waals surface area (Å²) >= 11 is 0. The van der Waals surface area contributed by atoms with Crippen molar-refractivity contribution in [3.63, 3.8) is 0 Å². The van der Waals surface area contributed by atoms with Crippen LogP contribution in [0.25, 0.3) is 0 Å². The van der Waals surface area contributed by atoms with Crippen molar-refractivity contribution in [2.24, 2.45) is 11.8 Å². The van der Waals surface area contributed by atoms with Gasteiger partial charge in [0.05, 0.1) is 13.0 Å². The van der Waals surface area contributed by atoms with Gasteiger partial charge in [-0.15, -0.1) is 12.4 Å². The third-order valence-corrected chi connectivity index (χ3v) is 6.44. The van der Waals surface area contributed by atoms with Gasteiger partial charge in [0.2, 0.25) is 5.91 Å². The number of unbranched alkanes of at least 4 members (excludes halogenated alkanes) is 3. The summed E-state index contributed by atoms with van der Waals surface area (Å²) in [7, 11) is 0. The Kier molecular flexibility index (Phi) is 11.0. The number of anilines is 2. The van der Waals surface area contributed by atoms with Crippen molar-refractivity contribution in [1.82, 2.24) is 14.9 Å². The van der Waals surface area contributed by atoms with E-state index in [0.29, 0.717) is 31.2 Å². The highest BCUT2D eigenvalue weighted by Crippen LogP contribution is 2.32. The van der Waals surface area contributed by atoms with E-state index in [2.05, 4.69) is 35.6 Å². The van der Waals surface area contributed by atoms with Gasteiger partial charge < -0.3 is 15.4 Å². The Labute approximate surface area is 199 Å². The second-order valence-corrected chi connectivity index (χ2v) is 9.60. The molecular formula is C24H42ClN5O2. The first-order valence-corrected chi connectivity index (χ1v) is 12.3. The van der Waals surface area contributed by atoms with E-state index in [4.69, 9.17) is 10.5 Å². The van der Waals surface area contributed by atoms with Crippen molar-refractivity contribution in [1.29, 1.82) is 0 Å². The molecule has 3 rings (SSSR count). The summed E-state index contributed by atoms with van der Waals surface area (Å²) < 4.78 is 5.63. The Bertz CT molecular complexity index is 723. The Morgan fingerprint density at radius 3 is 2.56 bits per heavy atom. The summed E-state index contributed by atoms with van der Waals surface area (Å²) in [5.41, 5.74) is 6.83. The van der Waals surface area contributed by atoms with Crippen LogP contribution in [0.3, 0.4) is 0 Å². The molecule has 3 heterocycles. The van der Waals surface area contributed by atoms with E-state index in [-0.39, 0.29) is 24.3 Å². The summed E-state index contributed by atoms with van der Waals surface area (Å²) in [4.78, 5) is 25.7. The third-order valence-electron chi connectivity index (χ3n) is 6.44. The maximum Gasteiger partial charge on any atom is 0.320 e. The number of hydrogen-bond acceptors (Lipinski definition) is 6. The first-order chi connectivity index (χ1) is 15.0.